The molecule has 1 N–H and O–H groups in total. The maximum absolute atomic E-state index is 12.5. The summed E-state index contributed by atoms with van der Waals surface area (Å²) in [5, 5.41) is 13.8. The van der Waals surface area contributed by atoms with Crippen molar-refractivity contribution in [2.24, 2.45) is 11.8 Å². The topological polar surface area (TPSA) is 53.4 Å². The van der Waals surface area contributed by atoms with E-state index in [4.69, 9.17) is 0 Å². The molecule has 3 atom stereocenters. The third-order valence-electron chi connectivity index (χ3n) is 5.28. The fourth-order valence-electron chi connectivity index (χ4n) is 4.03. The standard InChI is InChI=1S/C16H24N2O2S/c1-3-16(20)6-4-5-12-8-18(9-14(12)16)15(19)7-13-10-21-11(2)17-13/h10,12,14,20H,3-9H2,1-2H3/t12-,14+,16-/m0/s1. The molecule has 4 nitrogen and oxygen atoms in total. The molecule has 0 unspecified atom stereocenters. The van der Waals surface area contributed by atoms with E-state index in [1.807, 2.05) is 17.2 Å². The maximum Gasteiger partial charge on any atom is 0.228 e. The molecular weight excluding hydrogens is 284 g/mol. The molecule has 5 heteroatoms. The normalized spacial score (nSPS) is 32.2. The average molecular weight is 308 g/mol. The maximum atomic E-state index is 12.5. The second kappa shape index (κ2) is 5.69. The van der Waals surface area contributed by atoms with Crippen molar-refractivity contribution >= 4 is 17.2 Å². The predicted octanol–water partition coefficient (Wildman–Crippen LogP) is 2.39. The number of aliphatic hydroxyl groups is 1. The van der Waals surface area contributed by atoms with Crippen LogP contribution >= 0.6 is 11.3 Å². The summed E-state index contributed by atoms with van der Waals surface area (Å²) in [6.45, 7) is 5.56. The quantitative estimate of drug-likeness (QED) is 0.933. The van der Waals surface area contributed by atoms with Crippen LogP contribution in [0.1, 0.15) is 43.3 Å². The number of nitrogens with zero attached hydrogens (tertiary/aromatic N) is 2. The van der Waals surface area contributed by atoms with Gasteiger partial charge in [-0.1, -0.05) is 13.3 Å². The van der Waals surface area contributed by atoms with Gasteiger partial charge in [-0.3, -0.25) is 4.79 Å². The molecule has 1 aliphatic carbocycles. The van der Waals surface area contributed by atoms with Gasteiger partial charge in [-0.2, -0.15) is 0 Å². The minimum absolute atomic E-state index is 0.160. The molecule has 0 spiro atoms. The molecule has 1 amide bonds. The smallest absolute Gasteiger partial charge is 0.228 e. The van der Waals surface area contributed by atoms with Crippen LogP contribution in [0.15, 0.2) is 5.38 Å². The van der Waals surface area contributed by atoms with Crippen LogP contribution in [0.4, 0.5) is 0 Å². The minimum atomic E-state index is -0.560. The first-order valence-corrected chi connectivity index (χ1v) is 8.81. The largest absolute Gasteiger partial charge is 0.390 e. The fraction of sp³-hybridized carbons (Fsp3) is 0.750. The van der Waals surface area contributed by atoms with Gasteiger partial charge in [0.05, 0.1) is 22.7 Å². The average Bonchev–Trinajstić information content (AvgIpc) is 3.06. The summed E-state index contributed by atoms with van der Waals surface area (Å²) >= 11 is 1.59. The van der Waals surface area contributed by atoms with Crippen LogP contribution in [-0.4, -0.2) is 39.6 Å². The molecule has 0 radical (unpaired) electrons. The van der Waals surface area contributed by atoms with E-state index in [9.17, 15) is 9.90 Å². The number of aryl methyl sites for hydroxylation is 1. The van der Waals surface area contributed by atoms with Crippen molar-refractivity contribution in [2.75, 3.05) is 13.1 Å². The Bertz CT molecular complexity index is 530. The summed E-state index contributed by atoms with van der Waals surface area (Å²) in [6.07, 6.45) is 4.30. The van der Waals surface area contributed by atoms with Crippen LogP contribution in [-0.2, 0) is 11.2 Å². The monoisotopic (exact) mass is 308 g/mol. The van der Waals surface area contributed by atoms with E-state index in [0.717, 1.165) is 49.5 Å². The highest BCUT2D eigenvalue weighted by atomic mass is 32.1. The first kappa shape index (κ1) is 15.0. The van der Waals surface area contributed by atoms with Crippen LogP contribution in [0.3, 0.4) is 0 Å². The summed E-state index contributed by atoms with van der Waals surface area (Å²) in [5.41, 5.74) is 0.318. The van der Waals surface area contributed by atoms with Crippen LogP contribution in [0.25, 0.3) is 0 Å². The number of hydrogen-bond acceptors (Lipinski definition) is 4. The number of amides is 1. The molecule has 0 aromatic carbocycles. The van der Waals surface area contributed by atoms with E-state index in [-0.39, 0.29) is 11.8 Å². The molecule has 2 aliphatic rings. The SMILES string of the molecule is CC[C@]1(O)CCC[C@H]2CN(C(=O)Cc3csc(C)n3)C[C@H]21. The van der Waals surface area contributed by atoms with E-state index >= 15 is 0 Å². The minimum Gasteiger partial charge on any atom is -0.390 e. The Balaban J connectivity index is 1.67. The van der Waals surface area contributed by atoms with Gasteiger partial charge in [0.25, 0.3) is 0 Å². The fourth-order valence-corrected chi connectivity index (χ4v) is 4.64. The number of carbonyl (C=O) groups excluding carboxylic acids is 1. The first-order chi connectivity index (χ1) is 10.0. The number of likely N-dealkylation sites (tertiary alicyclic amines) is 1. The zero-order valence-electron chi connectivity index (χ0n) is 12.8. The van der Waals surface area contributed by atoms with E-state index < -0.39 is 5.60 Å². The highest BCUT2D eigenvalue weighted by molar-refractivity contribution is 7.09. The molecule has 1 saturated carbocycles. The highest BCUT2D eigenvalue weighted by Gasteiger charge is 2.48. The van der Waals surface area contributed by atoms with Crippen LogP contribution < -0.4 is 0 Å². The zero-order valence-corrected chi connectivity index (χ0v) is 13.7. The van der Waals surface area contributed by atoms with Crippen molar-refractivity contribution in [1.29, 1.82) is 0 Å². The number of rotatable bonds is 3. The van der Waals surface area contributed by atoms with Gasteiger partial charge in [-0.25, -0.2) is 4.98 Å². The van der Waals surface area contributed by atoms with Gasteiger partial charge >= 0.3 is 0 Å². The second-order valence-electron chi connectivity index (χ2n) is 6.55. The number of thiazole rings is 1. The van der Waals surface area contributed by atoms with E-state index in [2.05, 4.69) is 11.9 Å². The summed E-state index contributed by atoms with van der Waals surface area (Å²) in [7, 11) is 0. The van der Waals surface area contributed by atoms with Gasteiger partial charge in [-0.15, -0.1) is 11.3 Å². The second-order valence-corrected chi connectivity index (χ2v) is 7.61. The van der Waals surface area contributed by atoms with Crippen molar-refractivity contribution in [2.45, 2.75) is 51.6 Å². The van der Waals surface area contributed by atoms with E-state index in [0.29, 0.717) is 12.3 Å². The Hall–Kier alpha value is -0.940. The highest BCUT2D eigenvalue weighted by Crippen LogP contribution is 2.44. The van der Waals surface area contributed by atoms with Gasteiger partial charge < -0.3 is 10.0 Å². The van der Waals surface area contributed by atoms with Crippen molar-refractivity contribution in [3.63, 3.8) is 0 Å². The summed E-state index contributed by atoms with van der Waals surface area (Å²) in [5.74, 6) is 0.898. The van der Waals surface area contributed by atoms with E-state index in [1.165, 1.54) is 0 Å². The van der Waals surface area contributed by atoms with Gasteiger partial charge in [-0.05, 0) is 32.1 Å². The van der Waals surface area contributed by atoms with Crippen molar-refractivity contribution in [3.05, 3.63) is 16.1 Å². The Labute approximate surface area is 130 Å². The summed E-state index contributed by atoms with van der Waals surface area (Å²) in [4.78, 5) is 18.8. The Morgan fingerprint density at radius 1 is 1.57 bits per heavy atom. The first-order valence-electron chi connectivity index (χ1n) is 7.93. The molecule has 2 fully saturated rings. The zero-order chi connectivity index (χ0) is 15.0. The lowest BCUT2D eigenvalue weighted by atomic mass is 9.69. The number of aromatic nitrogens is 1. The molecule has 1 aliphatic heterocycles. The number of carbonyl (C=O) groups is 1. The molecule has 3 rings (SSSR count). The summed E-state index contributed by atoms with van der Waals surface area (Å²) < 4.78 is 0. The lowest BCUT2D eigenvalue weighted by Crippen LogP contribution is -2.44. The molecule has 1 aromatic heterocycles. The molecule has 2 heterocycles. The third-order valence-corrected chi connectivity index (χ3v) is 6.10. The summed E-state index contributed by atoms with van der Waals surface area (Å²) in [6, 6.07) is 0. The van der Waals surface area contributed by atoms with Crippen LogP contribution in [0.2, 0.25) is 0 Å². The van der Waals surface area contributed by atoms with Crippen LogP contribution in [0.5, 0.6) is 0 Å². The lowest BCUT2D eigenvalue weighted by molar-refractivity contribution is -0.130. The third kappa shape index (κ3) is 2.86. The van der Waals surface area contributed by atoms with Gasteiger partial charge in [0.15, 0.2) is 0 Å². The molecular formula is C16H24N2O2S. The molecule has 1 aromatic rings. The lowest BCUT2D eigenvalue weighted by Gasteiger charge is -2.40. The van der Waals surface area contributed by atoms with Gasteiger partial charge in [0.2, 0.25) is 5.91 Å². The van der Waals surface area contributed by atoms with Crippen molar-refractivity contribution < 1.29 is 9.90 Å². The molecule has 21 heavy (non-hydrogen) atoms. The Kier molecular flexibility index (Phi) is 4.06. The van der Waals surface area contributed by atoms with Gasteiger partial charge in [0.1, 0.15) is 0 Å². The number of hydrogen-bond donors (Lipinski definition) is 1. The molecule has 0 bridgehead atoms. The Morgan fingerprint density at radius 3 is 3.05 bits per heavy atom. The molecule has 1 saturated heterocycles. The van der Waals surface area contributed by atoms with Crippen molar-refractivity contribution in [3.8, 4) is 0 Å². The Morgan fingerprint density at radius 2 is 2.38 bits per heavy atom. The van der Waals surface area contributed by atoms with Gasteiger partial charge in [0, 0.05) is 24.4 Å². The number of fused-ring (bicyclic) bond motifs is 1. The molecule has 116 valence electrons. The van der Waals surface area contributed by atoms with E-state index in [1.54, 1.807) is 11.3 Å². The van der Waals surface area contributed by atoms with Crippen molar-refractivity contribution in [1.82, 2.24) is 9.88 Å². The van der Waals surface area contributed by atoms with Crippen LogP contribution in [0, 0.1) is 18.8 Å². The predicted molar refractivity (Wildman–Crippen MR) is 83.2 cm³/mol.